The number of hydrogen-bond acceptors (Lipinski definition) is 2. The van der Waals surface area contributed by atoms with Crippen molar-refractivity contribution in [3.63, 3.8) is 0 Å². The first-order valence-electron chi connectivity index (χ1n) is 5.98. The Balaban J connectivity index is 2.48. The largest absolute Gasteiger partial charge is 0.495 e. The molecule has 0 bridgehead atoms. The molecule has 1 unspecified atom stereocenters. The molecule has 0 aliphatic heterocycles. The molecule has 0 aromatic heterocycles. The van der Waals surface area contributed by atoms with Crippen LogP contribution in [0.25, 0.3) is 0 Å². The molecular weight excluding hydrogens is 361 g/mol. The highest BCUT2D eigenvalue weighted by molar-refractivity contribution is 9.10. The number of benzene rings is 2. The normalized spacial score (nSPS) is 12.3. The molecule has 2 N–H and O–H groups in total. The molecule has 1 atom stereocenters. The summed E-state index contributed by atoms with van der Waals surface area (Å²) in [6.45, 7) is 2.03. The number of hydrogen-bond donors (Lipinski definition) is 1. The third-order valence-electron chi connectivity index (χ3n) is 3.10. The van der Waals surface area contributed by atoms with Crippen LogP contribution in [0.2, 0.25) is 10.0 Å². The molecule has 2 aromatic carbocycles. The number of aryl methyl sites for hydroxylation is 1. The maximum absolute atomic E-state index is 6.31. The summed E-state index contributed by atoms with van der Waals surface area (Å²) in [5.41, 5.74) is 9.20. The highest BCUT2D eigenvalue weighted by Crippen LogP contribution is 2.37. The summed E-state index contributed by atoms with van der Waals surface area (Å²) >= 11 is 16.0. The summed E-state index contributed by atoms with van der Waals surface area (Å²) in [4.78, 5) is 0. The van der Waals surface area contributed by atoms with Gasteiger partial charge in [0.2, 0.25) is 0 Å². The van der Waals surface area contributed by atoms with E-state index in [-0.39, 0.29) is 6.04 Å². The molecular formula is C15H14BrCl2NO. The molecule has 2 rings (SSSR count). The second-order valence-corrected chi connectivity index (χ2v) is 6.18. The molecule has 0 aliphatic carbocycles. The van der Waals surface area contributed by atoms with E-state index in [0.717, 1.165) is 21.2 Å². The van der Waals surface area contributed by atoms with E-state index in [4.69, 9.17) is 33.7 Å². The van der Waals surface area contributed by atoms with Gasteiger partial charge < -0.3 is 10.5 Å². The van der Waals surface area contributed by atoms with Gasteiger partial charge in [0.15, 0.2) is 0 Å². The molecule has 2 nitrogen and oxygen atoms in total. The lowest BCUT2D eigenvalue weighted by Crippen LogP contribution is -2.13. The SMILES string of the molecule is COc1cc(Cl)c(C(N)c2ccc(C)cc2Br)cc1Cl. The van der Waals surface area contributed by atoms with Crippen molar-refractivity contribution in [1.29, 1.82) is 0 Å². The van der Waals surface area contributed by atoms with Crippen LogP contribution in [0.15, 0.2) is 34.8 Å². The van der Waals surface area contributed by atoms with Crippen LogP contribution in [0.1, 0.15) is 22.7 Å². The second-order valence-electron chi connectivity index (χ2n) is 4.51. The Bertz CT molecular complexity index is 646. The van der Waals surface area contributed by atoms with Crippen molar-refractivity contribution in [2.24, 2.45) is 5.73 Å². The Morgan fingerprint density at radius 2 is 1.80 bits per heavy atom. The Kier molecular flexibility index (Phi) is 4.97. The quantitative estimate of drug-likeness (QED) is 0.808. The molecule has 0 heterocycles. The Hall–Kier alpha value is -0.740. The van der Waals surface area contributed by atoms with Crippen LogP contribution in [0, 0.1) is 6.92 Å². The van der Waals surface area contributed by atoms with E-state index in [1.807, 2.05) is 25.1 Å². The lowest BCUT2D eigenvalue weighted by molar-refractivity contribution is 0.415. The van der Waals surface area contributed by atoms with Gasteiger partial charge in [-0.15, -0.1) is 0 Å². The van der Waals surface area contributed by atoms with Crippen molar-refractivity contribution >= 4 is 39.1 Å². The average molecular weight is 375 g/mol. The predicted molar refractivity (Wildman–Crippen MR) is 87.9 cm³/mol. The monoisotopic (exact) mass is 373 g/mol. The molecule has 0 spiro atoms. The zero-order valence-electron chi connectivity index (χ0n) is 11.1. The molecule has 0 aliphatic rings. The van der Waals surface area contributed by atoms with Crippen molar-refractivity contribution in [3.8, 4) is 5.75 Å². The highest BCUT2D eigenvalue weighted by Gasteiger charge is 2.17. The van der Waals surface area contributed by atoms with Crippen LogP contribution < -0.4 is 10.5 Å². The predicted octanol–water partition coefficient (Wildman–Crippen LogP) is 5.12. The molecule has 20 heavy (non-hydrogen) atoms. The van der Waals surface area contributed by atoms with Crippen LogP contribution >= 0.6 is 39.1 Å². The zero-order valence-corrected chi connectivity index (χ0v) is 14.2. The summed E-state index contributed by atoms with van der Waals surface area (Å²) < 4.78 is 6.09. The fourth-order valence-electron chi connectivity index (χ4n) is 1.99. The van der Waals surface area contributed by atoms with Crippen LogP contribution in [0.4, 0.5) is 0 Å². The lowest BCUT2D eigenvalue weighted by Gasteiger charge is -2.17. The molecule has 0 saturated heterocycles. The molecule has 2 aromatic rings. The first kappa shape index (κ1) is 15.6. The van der Waals surface area contributed by atoms with E-state index < -0.39 is 0 Å². The Morgan fingerprint density at radius 3 is 2.40 bits per heavy atom. The Morgan fingerprint density at radius 1 is 1.10 bits per heavy atom. The summed E-state index contributed by atoms with van der Waals surface area (Å²) in [6.07, 6.45) is 0. The van der Waals surface area contributed by atoms with Gasteiger partial charge in [-0.25, -0.2) is 0 Å². The van der Waals surface area contributed by atoms with Gasteiger partial charge in [0, 0.05) is 15.6 Å². The van der Waals surface area contributed by atoms with Crippen molar-refractivity contribution < 1.29 is 4.74 Å². The van der Waals surface area contributed by atoms with E-state index in [0.29, 0.717) is 15.8 Å². The van der Waals surface area contributed by atoms with Gasteiger partial charge in [-0.2, -0.15) is 0 Å². The highest BCUT2D eigenvalue weighted by atomic mass is 79.9. The summed E-state index contributed by atoms with van der Waals surface area (Å²) in [5, 5.41) is 1.02. The lowest BCUT2D eigenvalue weighted by atomic mass is 9.98. The number of methoxy groups -OCH3 is 1. The van der Waals surface area contributed by atoms with Gasteiger partial charge in [0.1, 0.15) is 5.75 Å². The summed E-state index contributed by atoms with van der Waals surface area (Å²) in [7, 11) is 1.55. The number of ether oxygens (including phenoxy) is 1. The fraction of sp³-hybridized carbons (Fsp3) is 0.200. The molecule has 0 amide bonds. The second kappa shape index (κ2) is 6.35. The van der Waals surface area contributed by atoms with E-state index >= 15 is 0 Å². The standard InChI is InChI=1S/C15H14BrCl2NO/c1-8-3-4-9(11(16)5-8)15(19)10-6-13(18)14(20-2)7-12(10)17/h3-7,15H,19H2,1-2H3. The van der Waals surface area contributed by atoms with Crippen LogP contribution in [0.3, 0.4) is 0 Å². The van der Waals surface area contributed by atoms with E-state index in [9.17, 15) is 0 Å². The minimum Gasteiger partial charge on any atom is -0.495 e. The summed E-state index contributed by atoms with van der Waals surface area (Å²) in [6, 6.07) is 9.09. The average Bonchev–Trinajstić information content (AvgIpc) is 2.40. The van der Waals surface area contributed by atoms with Gasteiger partial charge in [0.05, 0.1) is 18.2 Å². The number of rotatable bonds is 3. The minimum atomic E-state index is -0.360. The third-order valence-corrected chi connectivity index (χ3v) is 4.41. The molecule has 0 radical (unpaired) electrons. The van der Waals surface area contributed by atoms with Crippen molar-refractivity contribution in [2.45, 2.75) is 13.0 Å². The van der Waals surface area contributed by atoms with Gasteiger partial charge in [-0.05, 0) is 35.7 Å². The molecule has 0 fully saturated rings. The maximum Gasteiger partial charge on any atom is 0.138 e. The van der Waals surface area contributed by atoms with E-state index in [2.05, 4.69) is 15.9 Å². The van der Waals surface area contributed by atoms with Crippen molar-refractivity contribution in [1.82, 2.24) is 0 Å². The van der Waals surface area contributed by atoms with Crippen LogP contribution in [-0.2, 0) is 0 Å². The molecule has 0 saturated carbocycles. The fourth-order valence-corrected chi connectivity index (χ4v) is 3.25. The van der Waals surface area contributed by atoms with Crippen molar-refractivity contribution in [3.05, 3.63) is 61.5 Å². The van der Waals surface area contributed by atoms with Gasteiger partial charge >= 0.3 is 0 Å². The topological polar surface area (TPSA) is 35.2 Å². The van der Waals surface area contributed by atoms with Gasteiger partial charge in [-0.3, -0.25) is 0 Å². The number of nitrogens with two attached hydrogens (primary N) is 1. The minimum absolute atomic E-state index is 0.360. The van der Waals surface area contributed by atoms with Crippen LogP contribution in [0.5, 0.6) is 5.75 Å². The van der Waals surface area contributed by atoms with Gasteiger partial charge in [0.25, 0.3) is 0 Å². The van der Waals surface area contributed by atoms with E-state index in [1.54, 1.807) is 19.2 Å². The smallest absolute Gasteiger partial charge is 0.138 e. The zero-order chi connectivity index (χ0) is 14.9. The van der Waals surface area contributed by atoms with Crippen molar-refractivity contribution in [2.75, 3.05) is 7.11 Å². The first-order valence-corrected chi connectivity index (χ1v) is 7.53. The number of halogens is 3. The Labute approximate surface area is 137 Å². The van der Waals surface area contributed by atoms with E-state index in [1.165, 1.54) is 0 Å². The summed E-state index contributed by atoms with van der Waals surface area (Å²) in [5.74, 6) is 0.538. The van der Waals surface area contributed by atoms with Gasteiger partial charge in [-0.1, -0.05) is 51.3 Å². The maximum atomic E-state index is 6.31. The third kappa shape index (κ3) is 3.12. The molecule has 5 heteroatoms. The van der Waals surface area contributed by atoms with Crippen LogP contribution in [-0.4, -0.2) is 7.11 Å². The molecule has 106 valence electrons. The first-order chi connectivity index (χ1) is 9.43.